The maximum Gasteiger partial charge on any atom is 0.240 e. The summed E-state index contributed by atoms with van der Waals surface area (Å²) in [5, 5.41) is 0. The zero-order valence-corrected chi connectivity index (χ0v) is 9.55. The monoisotopic (exact) mass is 225 g/mol. The molecule has 0 radical (unpaired) electrons. The van der Waals surface area contributed by atoms with E-state index in [0.29, 0.717) is 17.4 Å². The fraction of sp³-hybridized carbons (Fsp3) is 0.455. The van der Waals surface area contributed by atoms with Gasteiger partial charge in [-0.3, -0.25) is 0 Å². The third kappa shape index (κ3) is 2.79. The summed E-state index contributed by atoms with van der Waals surface area (Å²) in [4.78, 5) is 0.355. The summed E-state index contributed by atoms with van der Waals surface area (Å²) in [6.45, 7) is 2.52. The van der Waals surface area contributed by atoms with Crippen LogP contribution in [0.5, 0.6) is 0 Å². The Morgan fingerprint density at radius 3 is 2.40 bits per heavy atom. The van der Waals surface area contributed by atoms with E-state index >= 15 is 0 Å². The Morgan fingerprint density at radius 1 is 1.27 bits per heavy atom. The molecular weight excluding hydrogens is 210 g/mol. The highest BCUT2D eigenvalue weighted by Gasteiger charge is 2.24. The number of nitrogens with one attached hydrogen (secondary N) is 1. The van der Waals surface area contributed by atoms with Crippen LogP contribution in [0, 0.1) is 12.8 Å². The van der Waals surface area contributed by atoms with Crippen molar-refractivity contribution in [2.45, 2.75) is 24.7 Å². The van der Waals surface area contributed by atoms with E-state index in [0.717, 1.165) is 18.4 Å². The van der Waals surface area contributed by atoms with Crippen LogP contribution in [0.3, 0.4) is 0 Å². The minimum absolute atomic E-state index is 0.355. The van der Waals surface area contributed by atoms with Crippen LogP contribution < -0.4 is 4.72 Å². The van der Waals surface area contributed by atoms with Crippen molar-refractivity contribution in [3.8, 4) is 0 Å². The van der Waals surface area contributed by atoms with Crippen molar-refractivity contribution in [1.82, 2.24) is 4.72 Å². The predicted molar refractivity (Wildman–Crippen MR) is 59.1 cm³/mol. The first-order valence-electron chi connectivity index (χ1n) is 5.14. The molecule has 0 aliphatic heterocycles. The first kappa shape index (κ1) is 10.6. The van der Waals surface area contributed by atoms with E-state index in [1.54, 1.807) is 12.1 Å². The van der Waals surface area contributed by atoms with Crippen LogP contribution in [0.25, 0.3) is 0 Å². The van der Waals surface area contributed by atoms with Crippen LogP contribution in [0.4, 0.5) is 0 Å². The lowest BCUT2D eigenvalue weighted by molar-refractivity contribution is 0.577. The smallest absolute Gasteiger partial charge is 0.211 e. The van der Waals surface area contributed by atoms with E-state index in [2.05, 4.69) is 4.72 Å². The zero-order valence-electron chi connectivity index (χ0n) is 8.73. The highest BCUT2D eigenvalue weighted by atomic mass is 32.2. The van der Waals surface area contributed by atoms with Crippen molar-refractivity contribution in [2.75, 3.05) is 6.54 Å². The van der Waals surface area contributed by atoms with E-state index in [9.17, 15) is 8.42 Å². The molecule has 3 nitrogen and oxygen atoms in total. The molecule has 1 aromatic carbocycles. The highest BCUT2D eigenvalue weighted by Crippen LogP contribution is 2.28. The molecule has 1 fully saturated rings. The van der Waals surface area contributed by atoms with Crippen molar-refractivity contribution in [3.05, 3.63) is 29.8 Å². The van der Waals surface area contributed by atoms with Crippen molar-refractivity contribution in [1.29, 1.82) is 0 Å². The Labute approximate surface area is 90.6 Å². The van der Waals surface area contributed by atoms with Gasteiger partial charge in [-0.25, -0.2) is 13.1 Å². The molecule has 0 unspecified atom stereocenters. The largest absolute Gasteiger partial charge is 0.240 e. The highest BCUT2D eigenvalue weighted by molar-refractivity contribution is 7.89. The minimum Gasteiger partial charge on any atom is -0.211 e. The van der Waals surface area contributed by atoms with E-state index < -0.39 is 10.0 Å². The Balaban J connectivity index is 2.09. The molecule has 0 saturated heterocycles. The Morgan fingerprint density at radius 2 is 1.87 bits per heavy atom. The first-order chi connectivity index (χ1) is 7.08. The minimum atomic E-state index is -3.28. The summed E-state index contributed by atoms with van der Waals surface area (Å²) < 4.78 is 26.2. The summed E-state index contributed by atoms with van der Waals surface area (Å²) in [5.74, 6) is 0.560. The van der Waals surface area contributed by atoms with Crippen LogP contribution >= 0.6 is 0 Å². The molecule has 0 heterocycles. The van der Waals surface area contributed by atoms with Gasteiger partial charge in [-0.15, -0.1) is 0 Å². The molecule has 2 rings (SSSR count). The Bertz CT molecular complexity index is 432. The second-order valence-electron chi connectivity index (χ2n) is 4.11. The molecule has 0 aromatic heterocycles. The molecule has 0 spiro atoms. The maximum atomic E-state index is 11.8. The van der Waals surface area contributed by atoms with Crippen LogP contribution in [0.15, 0.2) is 29.2 Å². The van der Waals surface area contributed by atoms with Gasteiger partial charge in [0.1, 0.15) is 0 Å². The summed E-state index contributed by atoms with van der Waals surface area (Å²) in [5.41, 5.74) is 1.07. The normalized spacial score (nSPS) is 16.6. The van der Waals surface area contributed by atoms with Gasteiger partial charge in [0.2, 0.25) is 10.0 Å². The third-order valence-corrected chi connectivity index (χ3v) is 4.03. The molecule has 1 aliphatic carbocycles. The summed E-state index contributed by atoms with van der Waals surface area (Å²) in [6.07, 6.45) is 2.30. The van der Waals surface area contributed by atoms with Crippen LogP contribution in [-0.2, 0) is 10.0 Å². The molecule has 0 atom stereocenters. The van der Waals surface area contributed by atoms with E-state index in [1.165, 1.54) is 0 Å². The lowest BCUT2D eigenvalue weighted by atomic mass is 10.2. The van der Waals surface area contributed by atoms with Crippen LogP contribution in [0.1, 0.15) is 18.4 Å². The lowest BCUT2D eigenvalue weighted by Crippen LogP contribution is -2.25. The van der Waals surface area contributed by atoms with Gasteiger partial charge in [-0.1, -0.05) is 17.7 Å². The van der Waals surface area contributed by atoms with Crippen molar-refractivity contribution in [3.63, 3.8) is 0 Å². The van der Waals surface area contributed by atoms with Crippen LogP contribution in [0.2, 0.25) is 0 Å². The molecule has 1 saturated carbocycles. The number of benzene rings is 1. The Hall–Kier alpha value is -0.870. The molecule has 4 heteroatoms. The second-order valence-corrected chi connectivity index (χ2v) is 5.88. The van der Waals surface area contributed by atoms with Gasteiger partial charge >= 0.3 is 0 Å². The van der Waals surface area contributed by atoms with Crippen molar-refractivity contribution in [2.24, 2.45) is 5.92 Å². The predicted octanol–water partition coefficient (Wildman–Crippen LogP) is 1.68. The summed E-state index contributed by atoms with van der Waals surface area (Å²) in [6, 6.07) is 6.91. The van der Waals surface area contributed by atoms with Gasteiger partial charge < -0.3 is 0 Å². The second kappa shape index (κ2) is 3.94. The van der Waals surface area contributed by atoms with Crippen molar-refractivity contribution >= 4 is 10.0 Å². The molecule has 1 aromatic rings. The standard InChI is InChI=1S/C11H15NO2S/c1-9-2-6-11(7-3-9)15(13,14)12-8-10-4-5-10/h2-3,6-7,10,12H,4-5,8H2,1H3. The van der Waals surface area contributed by atoms with Crippen LogP contribution in [-0.4, -0.2) is 15.0 Å². The number of hydrogen-bond acceptors (Lipinski definition) is 2. The van der Waals surface area contributed by atoms with Gasteiger partial charge in [-0.05, 0) is 37.8 Å². The van der Waals surface area contributed by atoms with Gasteiger partial charge in [0, 0.05) is 6.54 Å². The SMILES string of the molecule is Cc1ccc(S(=O)(=O)NCC2CC2)cc1. The first-order valence-corrected chi connectivity index (χ1v) is 6.62. The number of rotatable bonds is 4. The molecule has 82 valence electrons. The van der Waals surface area contributed by atoms with Gasteiger partial charge in [0.15, 0.2) is 0 Å². The Kier molecular flexibility index (Phi) is 2.80. The molecular formula is C11H15NO2S. The quantitative estimate of drug-likeness (QED) is 0.847. The molecule has 1 N–H and O–H groups in total. The zero-order chi connectivity index (χ0) is 10.9. The maximum absolute atomic E-state index is 11.8. The summed E-state index contributed by atoms with van der Waals surface area (Å²) >= 11 is 0. The van der Waals surface area contributed by atoms with Crippen molar-refractivity contribution < 1.29 is 8.42 Å². The van der Waals surface area contributed by atoms with E-state index in [4.69, 9.17) is 0 Å². The van der Waals surface area contributed by atoms with E-state index in [1.807, 2.05) is 19.1 Å². The fourth-order valence-corrected chi connectivity index (χ4v) is 2.47. The van der Waals surface area contributed by atoms with E-state index in [-0.39, 0.29) is 0 Å². The van der Waals surface area contributed by atoms with Gasteiger partial charge in [-0.2, -0.15) is 0 Å². The number of aryl methyl sites for hydroxylation is 1. The number of hydrogen-bond donors (Lipinski definition) is 1. The fourth-order valence-electron chi connectivity index (χ4n) is 1.35. The molecule has 1 aliphatic rings. The molecule has 0 bridgehead atoms. The molecule has 0 amide bonds. The summed E-state index contributed by atoms with van der Waals surface area (Å²) in [7, 11) is -3.28. The van der Waals surface area contributed by atoms with Gasteiger partial charge in [0.05, 0.1) is 4.90 Å². The number of sulfonamides is 1. The average molecular weight is 225 g/mol. The molecule has 15 heavy (non-hydrogen) atoms. The average Bonchev–Trinajstić information content (AvgIpc) is 2.99. The topological polar surface area (TPSA) is 46.2 Å². The lowest BCUT2D eigenvalue weighted by Gasteiger charge is -2.05. The van der Waals surface area contributed by atoms with Gasteiger partial charge in [0.25, 0.3) is 0 Å². The third-order valence-electron chi connectivity index (χ3n) is 2.59.